The summed E-state index contributed by atoms with van der Waals surface area (Å²) in [6.07, 6.45) is 2.45. The minimum Gasteiger partial charge on any atom is -0.490 e. The molecule has 3 heteroatoms. The zero-order chi connectivity index (χ0) is 10.3. The Kier molecular flexibility index (Phi) is 1.91. The smallest absolute Gasteiger partial charge is 0.208 e. The largest absolute Gasteiger partial charge is 0.490 e. The molecule has 1 aliphatic carbocycles. The van der Waals surface area contributed by atoms with Gasteiger partial charge in [-0.2, -0.15) is 0 Å². The minimum atomic E-state index is 0.594. The fraction of sp³-hybridized carbons (Fsp3) is 0.417. The molecule has 0 unspecified atom stereocenters. The van der Waals surface area contributed by atoms with Gasteiger partial charge in [-0.3, -0.25) is 0 Å². The van der Waals surface area contributed by atoms with E-state index in [0.29, 0.717) is 12.5 Å². The van der Waals surface area contributed by atoms with E-state index in [9.17, 15) is 0 Å². The van der Waals surface area contributed by atoms with Crippen molar-refractivity contribution in [3.63, 3.8) is 0 Å². The summed E-state index contributed by atoms with van der Waals surface area (Å²) >= 11 is 0. The van der Waals surface area contributed by atoms with E-state index in [4.69, 9.17) is 9.26 Å². The van der Waals surface area contributed by atoms with E-state index in [1.807, 2.05) is 13.0 Å². The average Bonchev–Trinajstić information content (AvgIpc) is 3.00. The molecule has 3 nitrogen and oxygen atoms in total. The topological polar surface area (TPSA) is 35.3 Å². The Morgan fingerprint density at radius 2 is 2.40 bits per heavy atom. The highest BCUT2D eigenvalue weighted by Gasteiger charge is 2.29. The first kappa shape index (κ1) is 8.77. The Morgan fingerprint density at radius 3 is 3.13 bits per heavy atom. The molecule has 0 bridgehead atoms. The summed E-state index contributed by atoms with van der Waals surface area (Å²) in [5.74, 6) is 1.34. The molecule has 1 aromatic heterocycles. The van der Waals surface area contributed by atoms with Crippen molar-refractivity contribution in [1.29, 1.82) is 0 Å². The van der Waals surface area contributed by atoms with Gasteiger partial charge in [-0.1, -0.05) is 5.16 Å². The van der Waals surface area contributed by atoms with Crippen molar-refractivity contribution in [3.8, 4) is 5.75 Å². The maximum atomic E-state index is 5.47. The summed E-state index contributed by atoms with van der Waals surface area (Å²) in [4.78, 5) is 0. The zero-order valence-electron chi connectivity index (χ0n) is 8.62. The average molecular weight is 202 g/mol. The second kappa shape index (κ2) is 3.26. The van der Waals surface area contributed by atoms with Gasteiger partial charge in [0.2, 0.25) is 5.58 Å². The molecule has 1 aliphatic rings. The molecule has 1 saturated carbocycles. The third-order valence-corrected chi connectivity index (χ3v) is 2.69. The van der Waals surface area contributed by atoms with Gasteiger partial charge in [0, 0.05) is 11.3 Å². The van der Waals surface area contributed by atoms with Crippen molar-refractivity contribution < 1.29 is 9.26 Å². The van der Waals surface area contributed by atoms with Crippen LogP contribution in [0.3, 0.4) is 0 Å². The summed E-state index contributed by atoms with van der Waals surface area (Å²) in [5.41, 5.74) is 1.83. The Balaban J connectivity index is 2.14. The van der Waals surface area contributed by atoms with Crippen LogP contribution in [0.15, 0.2) is 16.7 Å². The van der Waals surface area contributed by atoms with Crippen LogP contribution in [0.1, 0.15) is 31.4 Å². The molecule has 1 fully saturated rings. The molecule has 1 heterocycles. The number of nitrogens with zero attached hydrogens (tertiary/aromatic N) is 1. The molecule has 15 heavy (non-hydrogen) atoms. The van der Waals surface area contributed by atoms with E-state index in [0.717, 1.165) is 22.4 Å². The van der Waals surface area contributed by atoms with Gasteiger partial charge in [0.1, 0.15) is 0 Å². The van der Waals surface area contributed by atoms with Crippen molar-refractivity contribution in [3.05, 3.63) is 23.9 Å². The van der Waals surface area contributed by atoms with Gasteiger partial charge in [0.25, 0.3) is 0 Å². The second-order valence-corrected chi connectivity index (χ2v) is 3.84. The van der Waals surface area contributed by atoms with Crippen molar-refractivity contribution in [1.82, 2.24) is 5.16 Å². The van der Waals surface area contributed by atoms with Crippen LogP contribution in [-0.2, 0) is 0 Å². The summed E-state index contributed by atoms with van der Waals surface area (Å²) < 4.78 is 10.8. The monoisotopic (exact) mass is 202 g/mol. The van der Waals surface area contributed by atoms with Crippen molar-refractivity contribution in [2.75, 3.05) is 6.61 Å². The van der Waals surface area contributed by atoms with Crippen LogP contribution in [0.4, 0.5) is 0 Å². The first-order valence-electron chi connectivity index (χ1n) is 5.32. The highest BCUT2D eigenvalue weighted by atomic mass is 16.5. The van der Waals surface area contributed by atoms with Crippen molar-refractivity contribution >= 4 is 11.0 Å². The highest BCUT2D eigenvalue weighted by Crippen LogP contribution is 2.43. The van der Waals surface area contributed by atoms with Gasteiger partial charge in [0.15, 0.2) is 5.75 Å². The van der Waals surface area contributed by atoms with Gasteiger partial charge in [-0.15, -0.1) is 0 Å². The number of fused-ring (bicyclic) bond motifs is 1. The molecule has 2 aromatic rings. The molecule has 3 rings (SSSR count). The number of rotatable bonds is 3. The maximum Gasteiger partial charge on any atom is 0.208 e. The van der Waals surface area contributed by atoms with Crippen LogP contribution in [0.2, 0.25) is 0 Å². The zero-order valence-corrected chi connectivity index (χ0v) is 8.62. The fourth-order valence-corrected chi connectivity index (χ4v) is 1.81. The fourth-order valence-electron chi connectivity index (χ4n) is 1.81. The quantitative estimate of drug-likeness (QED) is 0.767. The van der Waals surface area contributed by atoms with Crippen LogP contribution < -0.4 is 4.74 Å². The molecule has 0 aliphatic heterocycles. The predicted molar refractivity (Wildman–Crippen MR) is 56.0 cm³/mol. The van der Waals surface area contributed by atoms with Crippen LogP contribution >= 0.6 is 0 Å². The molecule has 0 spiro atoms. The number of aromatic nitrogens is 1. The first-order valence-corrected chi connectivity index (χ1v) is 5.32. The highest BCUT2D eigenvalue weighted by molar-refractivity contribution is 5.85. The standard InChI is InChI=1S/C12H12NO2/c1-2-14-10-5-3-4-9-11(8-6-7-8)13-15-12(9)10/h4-5,8H,2,6-7H2,1H3. The normalized spacial score (nSPS) is 15.8. The molecule has 0 saturated heterocycles. The lowest BCUT2D eigenvalue weighted by molar-refractivity contribution is 0.332. The van der Waals surface area contributed by atoms with Crippen molar-refractivity contribution in [2.24, 2.45) is 0 Å². The lowest BCUT2D eigenvalue weighted by Gasteiger charge is -2.01. The third kappa shape index (κ3) is 1.39. The molecule has 0 amide bonds. The van der Waals surface area contributed by atoms with Crippen molar-refractivity contribution in [2.45, 2.75) is 25.7 Å². The Morgan fingerprint density at radius 1 is 1.53 bits per heavy atom. The molecule has 0 N–H and O–H groups in total. The van der Waals surface area contributed by atoms with E-state index in [-0.39, 0.29) is 0 Å². The van der Waals surface area contributed by atoms with Gasteiger partial charge >= 0.3 is 0 Å². The molecule has 77 valence electrons. The SMILES string of the molecule is CCOc1c[c]cc2c(C3CC3)noc12. The van der Waals surface area contributed by atoms with Gasteiger partial charge < -0.3 is 9.26 Å². The van der Waals surface area contributed by atoms with Crippen LogP contribution in [0.25, 0.3) is 11.0 Å². The summed E-state index contributed by atoms with van der Waals surface area (Å²) in [6, 6.07) is 6.80. The second-order valence-electron chi connectivity index (χ2n) is 3.84. The van der Waals surface area contributed by atoms with E-state index < -0.39 is 0 Å². The minimum absolute atomic E-state index is 0.594. The molecule has 1 radical (unpaired) electrons. The summed E-state index contributed by atoms with van der Waals surface area (Å²) in [5, 5.41) is 5.18. The Bertz CT molecular complexity index is 485. The van der Waals surface area contributed by atoms with Gasteiger partial charge in [0.05, 0.1) is 12.3 Å². The number of hydrogen-bond acceptors (Lipinski definition) is 3. The lowest BCUT2D eigenvalue weighted by atomic mass is 10.1. The molecular weight excluding hydrogens is 190 g/mol. The Hall–Kier alpha value is -1.51. The van der Waals surface area contributed by atoms with Crippen LogP contribution in [0, 0.1) is 6.07 Å². The maximum absolute atomic E-state index is 5.47. The molecule has 1 aromatic carbocycles. The summed E-state index contributed by atoms with van der Waals surface area (Å²) in [6.45, 7) is 2.59. The van der Waals surface area contributed by atoms with Gasteiger partial charge in [-0.05, 0) is 38.0 Å². The first-order chi connectivity index (χ1) is 7.40. The lowest BCUT2D eigenvalue weighted by Crippen LogP contribution is -1.91. The number of ether oxygens (including phenoxy) is 1. The van der Waals surface area contributed by atoms with Crippen LogP contribution in [-0.4, -0.2) is 11.8 Å². The van der Waals surface area contributed by atoms with E-state index >= 15 is 0 Å². The predicted octanol–water partition coefficient (Wildman–Crippen LogP) is 2.90. The van der Waals surface area contributed by atoms with E-state index in [1.54, 1.807) is 6.07 Å². The van der Waals surface area contributed by atoms with E-state index in [2.05, 4.69) is 11.2 Å². The third-order valence-electron chi connectivity index (χ3n) is 2.69. The molecular formula is C12H12NO2. The molecule has 0 atom stereocenters. The number of benzene rings is 1. The van der Waals surface area contributed by atoms with E-state index in [1.165, 1.54) is 12.8 Å². The Labute approximate surface area is 88.0 Å². The van der Waals surface area contributed by atoms with Crippen LogP contribution in [0.5, 0.6) is 5.75 Å². The number of hydrogen-bond donors (Lipinski definition) is 0. The van der Waals surface area contributed by atoms with Gasteiger partial charge in [-0.25, -0.2) is 0 Å². The summed E-state index contributed by atoms with van der Waals surface area (Å²) in [7, 11) is 0.